The van der Waals surface area contributed by atoms with Gasteiger partial charge in [-0.3, -0.25) is 20.4 Å². The lowest BCUT2D eigenvalue weighted by molar-refractivity contribution is -0.121. The Morgan fingerprint density at radius 3 is 2.45 bits per heavy atom. The van der Waals surface area contributed by atoms with Gasteiger partial charge >= 0.3 is 0 Å². The molecule has 1 aromatic carbocycles. The van der Waals surface area contributed by atoms with Gasteiger partial charge in [0.25, 0.3) is 5.91 Å². The Morgan fingerprint density at radius 1 is 1.09 bits per heavy atom. The highest BCUT2D eigenvalue weighted by Crippen LogP contribution is 2.21. The predicted molar refractivity (Wildman–Crippen MR) is 92.0 cm³/mol. The van der Waals surface area contributed by atoms with Crippen LogP contribution in [0.15, 0.2) is 40.2 Å². The van der Waals surface area contributed by atoms with E-state index < -0.39 is 0 Å². The quantitative estimate of drug-likeness (QED) is 0.745. The van der Waals surface area contributed by atoms with Crippen LogP contribution in [0.2, 0.25) is 5.02 Å². The van der Waals surface area contributed by atoms with E-state index in [0.29, 0.717) is 22.7 Å². The van der Waals surface area contributed by atoms with Crippen LogP contribution in [-0.2, 0) is 11.2 Å². The Hall–Kier alpha value is -1.37. The summed E-state index contributed by atoms with van der Waals surface area (Å²) >= 11 is 10.4. The van der Waals surface area contributed by atoms with Gasteiger partial charge in [0, 0.05) is 11.4 Å². The minimum Gasteiger partial charge on any atom is -0.273 e. The number of benzene rings is 1. The van der Waals surface area contributed by atoms with Crippen molar-refractivity contribution in [2.45, 2.75) is 19.3 Å². The third-order valence-corrected chi connectivity index (χ3v) is 4.77. The molecular formula is C15H14BrClN2O2S. The zero-order valence-corrected chi connectivity index (χ0v) is 14.7. The van der Waals surface area contributed by atoms with Gasteiger partial charge in [-0.1, -0.05) is 23.7 Å². The highest BCUT2D eigenvalue weighted by atomic mass is 79.9. The van der Waals surface area contributed by atoms with E-state index in [1.165, 1.54) is 11.3 Å². The van der Waals surface area contributed by atoms with Crippen molar-refractivity contribution in [3.05, 3.63) is 55.6 Å². The van der Waals surface area contributed by atoms with E-state index in [-0.39, 0.29) is 11.8 Å². The summed E-state index contributed by atoms with van der Waals surface area (Å²) in [4.78, 5) is 24.0. The Kier molecular flexibility index (Phi) is 6.42. The molecule has 2 aromatic rings. The maximum absolute atomic E-state index is 11.7. The molecule has 0 fully saturated rings. The van der Waals surface area contributed by atoms with Crippen LogP contribution >= 0.6 is 38.9 Å². The van der Waals surface area contributed by atoms with Crippen molar-refractivity contribution in [1.29, 1.82) is 0 Å². The fraction of sp³-hybridized carbons (Fsp3) is 0.200. The predicted octanol–water partition coefficient (Wildman–Crippen LogP) is 3.95. The first kappa shape index (κ1) is 17.0. The molecular weight excluding hydrogens is 388 g/mol. The van der Waals surface area contributed by atoms with Crippen molar-refractivity contribution in [3.63, 3.8) is 0 Å². The van der Waals surface area contributed by atoms with E-state index in [1.54, 1.807) is 12.1 Å². The normalized spacial score (nSPS) is 10.3. The largest absolute Gasteiger partial charge is 0.279 e. The molecule has 0 aliphatic carbocycles. The second-order valence-corrected chi connectivity index (χ2v) is 7.49. The molecule has 2 N–H and O–H groups in total. The molecule has 0 saturated carbocycles. The van der Waals surface area contributed by atoms with Crippen molar-refractivity contribution in [2.75, 3.05) is 0 Å². The summed E-state index contributed by atoms with van der Waals surface area (Å²) in [6, 6.07) is 11.0. The molecule has 1 aromatic heterocycles. The van der Waals surface area contributed by atoms with E-state index in [2.05, 4.69) is 26.8 Å². The van der Waals surface area contributed by atoms with Gasteiger partial charge in [-0.05, 0) is 58.6 Å². The molecule has 1 heterocycles. The van der Waals surface area contributed by atoms with Gasteiger partial charge in [0.15, 0.2) is 0 Å². The van der Waals surface area contributed by atoms with Crippen LogP contribution < -0.4 is 10.9 Å². The first-order valence-electron chi connectivity index (χ1n) is 6.63. The lowest BCUT2D eigenvalue weighted by Gasteiger charge is -2.06. The number of hydrogen-bond acceptors (Lipinski definition) is 3. The van der Waals surface area contributed by atoms with Crippen LogP contribution in [0, 0.1) is 0 Å². The van der Waals surface area contributed by atoms with Gasteiger partial charge < -0.3 is 0 Å². The van der Waals surface area contributed by atoms with Crippen LogP contribution in [-0.4, -0.2) is 11.8 Å². The highest BCUT2D eigenvalue weighted by molar-refractivity contribution is 9.11. The monoisotopic (exact) mass is 400 g/mol. The van der Waals surface area contributed by atoms with Crippen molar-refractivity contribution in [1.82, 2.24) is 10.9 Å². The fourth-order valence-electron chi connectivity index (χ4n) is 1.79. The number of thiophene rings is 1. The summed E-state index contributed by atoms with van der Waals surface area (Å²) in [6.07, 6.45) is 1.83. The number of rotatable bonds is 5. The molecule has 22 heavy (non-hydrogen) atoms. The van der Waals surface area contributed by atoms with Gasteiger partial charge in [0.2, 0.25) is 5.91 Å². The number of hydrazine groups is 1. The standard InChI is InChI=1S/C15H14BrClN2O2S/c16-13-9-8-12(22-13)15(21)19-18-14(20)3-1-2-10-4-6-11(17)7-5-10/h4-9H,1-3H2,(H,18,20)(H,19,21). The average Bonchev–Trinajstić information content (AvgIpc) is 2.93. The molecule has 0 atom stereocenters. The highest BCUT2D eigenvalue weighted by Gasteiger charge is 2.09. The summed E-state index contributed by atoms with van der Waals surface area (Å²) in [5.74, 6) is -0.528. The van der Waals surface area contributed by atoms with Crippen molar-refractivity contribution >= 4 is 50.7 Å². The van der Waals surface area contributed by atoms with E-state index in [9.17, 15) is 9.59 Å². The minimum atomic E-state index is -0.318. The molecule has 2 amide bonds. The third-order valence-electron chi connectivity index (χ3n) is 2.89. The SMILES string of the molecule is O=C(CCCc1ccc(Cl)cc1)NNC(=O)c1ccc(Br)s1. The molecule has 4 nitrogen and oxygen atoms in total. The lowest BCUT2D eigenvalue weighted by atomic mass is 10.1. The second kappa shape index (κ2) is 8.31. The third kappa shape index (κ3) is 5.44. The van der Waals surface area contributed by atoms with Crippen LogP contribution in [0.1, 0.15) is 28.1 Å². The van der Waals surface area contributed by atoms with Crippen molar-refractivity contribution in [3.8, 4) is 0 Å². The van der Waals surface area contributed by atoms with Gasteiger partial charge in [-0.15, -0.1) is 11.3 Å². The number of nitrogens with one attached hydrogen (secondary N) is 2. The zero-order valence-electron chi connectivity index (χ0n) is 11.6. The number of hydrogen-bond donors (Lipinski definition) is 2. The van der Waals surface area contributed by atoms with Crippen LogP contribution in [0.5, 0.6) is 0 Å². The molecule has 0 aliphatic rings. The number of carbonyl (C=O) groups excluding carboxylic acids is 2. The fourth-order valence-corrected chi connectivity index (χ4v) is 3.20. The molecule has 0 radical (unpaired) electrons. The molecule has 7 heteroatoms. The van der Waals surface area contributed by atoms with Crippen LogP contribution in [0.4, 0.5) is 0 Å². The number of halogens is 2. The number of amides is 2. The number of aryl methyl sites for hydroxylation is 1. The maximum Gasteiger partial charge on any atom is 0.279 e. The molecule has 0 unspecified atom stereocenters. The van der Waals surface area contributed by atoms with Crippen LogP contribution in [0.3, 0.4) is 0 Å². The lowest BCUT2D eigenvalue weighted by Crippen LogP contribution is -2.41. The van der Waals surface area contributed by atoms with E-state index in [0.717, 1.165) is 15.8 Å². The Labute approximate surface area is 146 Å². The zero-order chi connectivity index (χ0) is 15.9. The Morgan fingerprint density at radius 2 is 1.82 bits per heavy atom. The molecule has 2 rings (SSSR count). The molecule has 0 aliphatic heterocycles. The van der Waals surface area contributed by atoms with E-state index in [1.807, 2.05) is 24.3 Å². The van der Waals surface area contributed by atoms with Gasteiger partial charge in [-0.25, -0.2) is 0 Å². The maximum atomic E-state index is 11.7. The smallest absolute Gasteiger partial charge is 0.273 e. The summed E-state index contributed by atoms with van der Waals surface area (Å²) in [5.41, 5.74) is 5.95. The molecule has 0 saturated heterocycles. The number of carbonyl (C=O) groups is 2. The Balaban J connectivity index is 1.67. The van der Waals surface area contributed by atoms with Crippen LogP contribution in [0.25, 0.3) is 0 Å². The first-order valence-corrected chi connectivity index (χ1v) is 8.62. The second-order valence-electron chi connectivity index (χ2n) is 4.59. The van der Waals surface area contributed by atoms with E-state index in [4.69, 9.17) is 11.6 Å². The van der Waals surface area contributed by atoms with Crippen molar-refractivity contribution < 1.29 is 9.59 Å². The van der Waals surface area contributed by atoms with Gasteiger partial charge in [0.05, 0.1) is 8.66 Å². The van der Waals surface area contributed by atoms with Gasteiger partial charge in [-0.2, -0.15) is 0 Å². The summed E-state index contributed by atoms with van der Waals surface area (Å²) < 4.78 is 0.868. The average molecular weight is 402 g/mol. The first-order chi connectivity index (χ1) is 10.5. The summed E-state index contributed by atoms with van der Waals surface area (Å²) in [6.45, 7) is 0. The van der Waals surface area contributed by atoms with Crippen molar-refractivity contribution in [2.24, 2.45) is 0 Å². The summed E-state index contributed by atoms with van der Waals surface area (Å²) in [7, 11) is 0. The van der Waals surface area contributed by atoms with E-state index >= 15 is 0 Å². The molecule has 0 spiro atoms. The minimum absolute atomic E-state index is 0.210. The van der Waals surface area contributed by atoms with Gasteiger partial charge in [0.1, 0.15) is 0 Å². The summed E-state index contributed by atoms with van der Waals surface area (Å²) in [5, 5.41) is 0.699. The molecule has 116 valence electrons. The Bertz CT molecular complexity index is 658. The molecule has 0 bridgehead atoms. The topological polar surface area (TPSA) is 58.2 Å².